The number of hydrogen-bond donors (Lipinski definition) is 4. The topological polar surface area (TPSA) is 155 Å². The molecule has 3 rings (SSSR count). The molecule has 0 saturated heterocycles. The first kappa shape index (κ1) is 26.7. The smallest absolute Gasteiger partial charge is 0.347 e. The van der Waals surface area contributed by atoms with E-state index in [0.29, 0.717) is 5.56 Å². The van der Waals surface area contributed by atoms with Gasteiger partial charge in [-0.25, -0.2) is 15.0 Å². The number of rotatable bonds is 7. The molecule has 0 heterocycles. The molecule has 0 aromatic heterocycles. The van der Waals surface area contributed by atoms with Gasteiger partial charge in [-0.3, -0.25) is 4.79 Å². The Hall–Kier alpha value is -4.86. The number of nitrogens with zero attached hydrogens (tertiary/aromatic N) is 1. The predicted molar refractivity (Wildman–Crippen MR) is 134 cm³/mol. The van der Waals surface area contributed by atoms with Crippen LogP contribution < -0.4 is 10.2 Å². The number of ether oxygens (including phenoxy) is 2. The minimum atomic E-state index is -0.981. The Bertz CT molecular complexity index is 1400. The van der Waals surface area contributed by atoms with E-state index >= 15 is 0 Å². The van der Waals surface area contributed by atoms with E-state index in [9.17, 15) is 29.7 Å². The number of carbonyl (C=O) groups is 3. The fraction of sp³-hybridized carbons (Fsp3) is 0.185. The van der Waals surface area contributed by atoms with Crippen molar-refractivity contribution >= 4 is 24.1 Å². The van der Waals surface area contributed by atoms with Gasteiger partial charge in [0.1, 0.15) is 34.1 Å². The van der Waals surface area contributed by atoms with Gasteiger partial charge in [-0.05, 0) is 49.6 Å². The Labute approximate surface area is 212 Å². The molecule has 0 spiro atoms. The number of hydrogen-bond acceptors (Lipinski definition) is 9. The van der Waals surface area contributed by atoms with Crippen LogP contribution in [0.2, 0.25) is 0 Å². The lowest BCUT2D eigenvalue weighted by Crippen LogP contribution is -2.19. The number of aryl methyl sites for hydroxylation is 2. The van der Waals surface area contributed by atoms with Crippen molar-refractivity contribution in [1.82, 2.24) is 5.43 Å². The molecule has 0 radical (unpaired) electrons. The van der Waals surface area contributed by atoms with Crippen molar-refractivity contribution in [3.05, 3.63) is 81.4 Å². The summed E-state index contributed by atoms with van der Waals surface area (Å²) in [4.78, 5) is 37.1. The number of amides is 1. The Balaban J connectivity index is 1.85. The molecule has 0 aliphatic carbocycles. The molecule has 3 aromatic carbocycles. The van der Waals surface area contributed by atoms with Gasteiger partial charge in [-0.2, -0.15) is 5.10 Å². The number of benzene rings is 3. The van der Waals surface area contributed by atoms with E-state index in [1.165, 1.54) is 40.0 Å². The molecule has 192 valence electrons. The van der Waals surface area contributed by atoms with E-state index in [0.717, 1.165) is 11.8 Å². The zero-order valence-electron chi connectivity index (χ0n) is 20.7. The number of hydrazone groups is 1. The summed E-state index contributed by atoms with van der Waals surface area (Å²) in [6.45, 7) is 4.46. The number of esters is 2. The van der Waals surface area contributed by atoms with E-state index < -0.39 is 29.3 Å². The van der Waals surface area contributed by atoms with Crippen LogP contribution in [0.25, 0.3) is 0 Å². The van der Waals surface area contributed by atoms with Gasteiger partial charge in [0, 0.05) is 5.56 Å². The number of phenols is 3. The van der Waals surface area contributed by atoms with Crippen LogP contribution in [0.1, 0.15) is 48.5 Å². The van der Waals surface area contributed by atoms with Gasteiger partial charge in [0.2, 0.25) is 5.91 Å². The average molecular weight is 507 g/mol. The summed E-state index contributed by atoms with van der Waals surface area (Å²) >= 11 is 0. The molecule has 0 saturated carbocycles. The van der Waals surface area contributed by atoms with Crippen molar-refractivity contribution in [2.45, 2.75) is 27.2 Å². The highest BCUT2D eigenvalue weighted by Gasteiger charge is 2.25. The Morgan fingerprint density at radius 3 is 2.19 bits per heavy atom. The summed E-state index contributed by atoms with van der Waals surface area (Å²) in [6, 6.07) is 11.6. The number of carbonyl (C=O) groups excluding carboxylic acids is 3. The highest BCUT2D eigenvalue weighted by Crippen LogP contribution is 2.36. The minimum absolute atomic E-state index is 0.0390. The second-order valence-corrected chi connectivity index (χ2v) is 8.23. The molecule has 0 bridgehead atoms. The van der Waals surface area contributed by atoms with Crippen molar-refractivity contribution in [3.8, 4) is 23.0 Å². The Morgan fingerprint density at radius 1 is 0.919 bits per heavy atom. The van der Waals surface area contributed by atoms with Crippen LogP contribution in [0.4, 0.5) is 0 Å². The van der Waals surface area contributed by atoms with E-state index in [1.54, 1.807) is 24.3 Å². The maximum absolute atomic E-state index is 13.0. The third kappa shape index (κ3) is 5.87. The van der Waals surface area contributed by atoms with Crippen molar-refractivity contribution < 1.29 is 39.2 Å². The summed E-state index contributed by atoms with van der Waals surface area (Å²) in [5.41, 5.74) is 3.17. The molecule has 1 amide bonds. The van der Waals surface area contributed by atoms with Crippen LogP contribution in [0.5, 0.6) is 23.0 Å². The second kappa shape index (κ2) is 11.3. The molecule has 0 fully saturated rings. The molecule has 10 nitrogen and oxygen atoms in total. The highest BCUT2D eigenvalue weighted by molar-refractivity contribution is 6.01. The summed E-state index contributed by atoms with van der Waals surface area (Å²) in [5.74, 6) is -3.58. The van der Waals surface area contributed by atoms with Crippen LogP contribution in [-0.4, -0.2) is 46.5 Å². The van der Waals surface area contributed by atoms with Crippen LogP contribution >= 0.6 is 0 Å². The number of methoxy groups -OCH3 is 1. The van der Waals surface area contributed by atoms with E-state index in [4.69, 9.17) is 4.74 Å². The van der Waals surface area contributed by atoms with E-state index in [2.05, 4.69) is 15.3 Å². The molecule has 3 aromatic rings. The first-order valence-electron chi connectivity index (χ1n) is 11.1. The lowest BCUT2D eigenvalue weighted by atomic mass is 10.0. The maximum Gasteiger partial charge on any atom is 0.347 e. The van der Waals surface area contributed by atoms with Gasteiger partial charge in [0.25, 0.3) is 0 Å². The molecule has 0 unspecified atom stereocenters. The van der Waals surface area contributed by atoms with Gasteiger partial charge in [-0.15, -0.1) is 0 Å². The van der Waals surface area contributed by atoms with E-state index in [-0.39, 0.29) is 45.7 Å². The largest absolute Gasteiger partial charge is 0.507 e. The molecule has 4 N–H and O–H groups in total. The second-order valence-electron chi connectivity index (χ2n) is 8.23. The molecular formula is C27H26N2O8. The zero-order chi connectivity index (χ0) is 27.3. The summed E-state index contributed by atoms with van der Waals surface area (Å²) in [7, 11) is 1.18. The minimum Gasteiger partial charge on any atom is -0.507 e. The van der Waals surface area contributed by atoms with Gasteiger partial charge in [-0.1, -0.05) is 30.3 Å². The first-order valence-corrected chi connectivity index (χ1v) is 11.1. The lowest BCUT2D eigenvalue weighted by molar-refractivity contribution is -0.120. The SMILES string of the molecule is COC(=O)c1c(C)cc(OC(=O)c2c(C)cc(O)c(/C=N/NC(=O)Cc3ccccc3)c2O)c(C)c1O. The molecule has 37 heavy (non-hydrogen) atoms. The Morgan fingerprint density at radius 2 is 1.54 bits per heavy atom. The summed E-state index contributed by atoms with van der Waals surface area (Å²) < 4.78 is 10.1. The monoisotopic (exact) mass is 506 g/mol. The summed E-state index contributed by atoms with van der Waals surface area (Å²) in [6.07, 6.45) is 1.08. The fourth-order valence-corrected chi connectivity index (χ4v) is 3.66. The summed E-state index contributed by atoms with van der Waals surface area (Å²) in [5, 5.41) is 35.3. The van der Waals surface area contributed by atoms with Crippen LogP contribution in [-0.2, 0) is 16.0 Å². The normalized spacial score (nSPS) is 10.8. The molecule has 10 heteroatoms. The molecule has 0 aliphatic heterocycles. The number of phenolic OH excluding ortho intramolecular Hbond substituents is 3. The fourth-order valence-electron chi connectivity index (χ4n) is 3.66. The van der Waals surface area contributed by atoms with Crippen molar-refractivity contribution in [1.29, 1.82) is 0 Å². The predicted octanol–water partition coefficient (Wildman–Crippen LogP) is 3.43. The van der Waals surface area contributed by atoms with Crippen molar-refractivity contribution in [2.75, 3.05) is 7.11 Å². The van der Waals surface area contributed by atoms with Crippen molar-refractivity contribution in [3.63, 3.8) is 0 Å². The Kier molecular flexibility index (Phi) is 8.13. The van der Waals surface area contributed by atoms with Crippen LogP contribution in [0.15, 0.2) is 47.6 Å². The number of nitrogens with one attached hydrogen (secondary N) is 1. The lowest BCUT2D eigenvalue weighted by Gasteiger charge is -2.16. The molecule has 0 aliphatic rings. The van der Waals surface area contributed by atoms with Gasteiger partial charge < -0.3 is 24.8 Å². The highest BCUT2D eigenvalue weighted by atomic mass is 16.5. The zero-order valence-corrected chi connectivity index (χ0v) is 20.7. The molecular weight excluding hydrogens is 480 g/mol. The van der Waals surface area contributed by atoms with Crippen molar-refractivity contribution in [2.24, 2.45) is 5.10 Å². The maximum atomic E-state index is 13.0. The third-order valence-corrected chi connectivity index (χ3v) is 5.61. The van der Waals surface area contributed by atoms with Gasteiger partial charge in [0.15, 0.2) is 0 Å². The van der Waals surface area contributed by atoms with E-state index in [1.807, 2.05) is 6.07 Å². The first-order chi connectivity index (χ1) is 17.5. The number of aromatic hydroxyl groups is 3. The quantitative estimate of drug-likeness (QED) is 0.164. The standard InChI is InChI=1S/C27H26N2O8/c1-14-10-19(30)18(13-28-29-21(31)12-17-8-6-5-7-9-17)25(33)23(14)27(35)37-20-11-15(2)22(26(34)36-4)24(32)16(20)3/h5-11,13,30,32-33H,12H2,1-4H3,(H,29,31)/b28-13+. The van der Waals surface area contributed by atoms with Gasteiger partial charge >= 0.3 is 11.9 Å². The van der Waals surface area contributed by atoms with Gasteiger partial charge in [0.05, 0.1) is 25.3 Å². The van der Waals surface area contributed by atoms with Crippen LogP contribution in [0, 0.1) is 20.8 Å². The third-order valence-electron chi connectivity index (χ3n) is 5.61. The average Bonchev–Trinajstić information content (AvgIpc) is 2.84. The molecule has 0 atom stereocenters. The van der Waals surface area contributed by atoms with Crippen LogP contribution in [0.3, 0.4) is 0 Å².